The number of aldehydes is 1. The van der Waals surface area contributed by atoms with Gasteiger partial charge in [0, 0.05) is 44.6 Å². The normalized spacial score (nSPS) is 8.35. The molecule has 0 amide bonds. The van der Waals surface area contributed by atoms with Crippen LogP contribution in [0.2, 0.25) is 5.02 Å². The van der Waals surface area contributed by atoms with E-state index in [1.54, 1.807) is 31.4 Å². The van der Waals surface area contributed by atoms with Crippen molar-refractivity contribution in [1.29, 1.82) is 0 Å². The van der Waals surface area contributed by atoms with Gasteiger partial charge in [0.1, 0.15) is 5.75 Å². The van der Waals surface area contributed by atoms with Gasteiger partial charge in [-0.2, -0.15) is 6.07 Å². The van der Waals surface area contributed by atoms with Gasteiger partial charge in [0.05, 0.1) is 18.5 Å². The van der Waals surface area contributed by atoms with Crippen LogP contribution in [0.5, 0.6) is 5.75 Å². The molecule has 0 atom stereocenters. The summed E-state index contributed by atoms with van der Waals surface area (Å²) in [5.41, 5.74) is 12.1. The molecule has 0 heterocycles. The Hall–Kier alpha value is -0.816. The van der Waals surface area contributed by atoms with Crippen molar-refractivity contribution in [2.24, 2.45) is 0 Å². The van der Waals surface area contributed by atoms with E-state index in [9.17, 15) is 4.39 Å². The second-order valence-electron chi connectivity index (χ2n) is 3.63. The number of hydrogen-bond acceptors (Lipinski definition) is 4. The summed E-state index contributed by atoms with van der Waals surface area (Å²) in [6, 6.07) is 10.5. The average molecular weight is 479 g/mol. The van der Waals surface area contributed by atoms with Crippen LogP contribution in [-0.2, 0) is 37.5 Å². The van der Waals surface area contributed by atoms with Gasteiger partial charge in [-0.25, -0.2) is 0 Å². The number of nitrogen functional groups attached to an aromatic ring is 2. The van der Waals surface area contributed by atoms with Crippen LogP contribution >= 0.6 is 27.5 Å². The number of anilines is 2. The van der Waals surface area contributed by atoms with Gasteiger partial charge in [-0.1, -0.05) is 20.4 Å². The van der Waals surface area contributed by atoms with Crippen molar-refractivity contribution in [2.75, 3.05) is 18.6 Å². The SMILES string of the molecule is COc1ccc(N)c(N)c1.Fc1ccc(Br)[c-]c1Cl.[CH2-]C=O.[Y]. The van der Waals surface area contributed by atoms with Crippen molar-refractivity contribution in [2.45, 2.75) is 0 Å². The second kappa shape index (κ2) is 13.6. The number of carbonyl (C=O) groups excluding carboxylic acids is 1. The first kappa shape index (κ1) is 24.4. The Kier molecular flexibility index (Phi) is 14.5. The van der Waals surface area contributed by atoms with Gasteiger partial charge in [-0.05, 0) is 23.4 Å². The van der Waals surface area contributed by atoms with Gasteiger partial charge >= 0.3 is 0 Å². The van der Waals surface area contributed by atoms with Gasteiger partial charge in [-0.15, -0.1) is 23.7 Å². The van der Waals surface area contributed by atoms with Crippen LogP contribution in [0.3, 0.4) is 0 Å². The van der Waals surface area contributed by atoms with Crippen molar-refractivity contribution in [3.63, 3.8) is 0 Å². The Morgan fingerprint density at radius 3 is 2.26 bits per heavy atom. The maximum Gasteiger partial charge on any atom is 0.121 e. The largest absolute Gasteiger partial charge is 0.497 e. The van der Waals surface area contributed by atoms with Crippen molar-refractivity contribution < 1.29 is 46.6 Å². The molecule has 0 saturated heterocycles. The summed E-state index contributed by atoms with van der Waals surface area (Å²) in [5, 5.41) is 0.0179. The standard InChI is InChI=1S/C7H10N2O.C6H2BrClF.C2H3O.Y/c1-10-5-2-3-6(8)7(9)4-5;7-4-1-2-6(9)5(8)3-4;1-2-3;/h2-4H,8-9H2,1H3;1-2H;2H,1H2;/q;2*-1;. The fourth-order valence-corrected chi connectivity index (χ4v) is 1.71. The molecule has 0 bridgehead atoms. The summed E-state index contributed by atoms with van der Waals surface area (Å²) in [5.74, 6) is 0.284. The molecule has 0 spiro atoms. The first-order valence-corrected chi connectivity index (χ1v) is 6.97. The van der Waals surface area contributed by atoms with E-state index in [4.69, 9.17) is 32.6 Å². The third-order valence-electron chi connectivity index (χ3n) is 2.11. The Balaban J connectivity index is 0. The molecule has 4 N–H and O–H groups in total. The third-order valence-corrected chi connectivity index (χ3v) is 2.85. The van der Waals surface area contributed by atoms with Gasteiger partial charge in [0.15, 0.2) is 0 Å². The molecule has 0 fully saturated rings. The molecule has 123 valence electrons. The Labute approximate surface area is 173 Å². The minimum Gasteiger partial charge on any atom is -0.497 e. The van der Waals surface area contributed by atoms with Crippen molar-refractivity contribution in [1.82, 2.24) is 0 Å². The monoisotopic (exact) mass is 477 g/mol. The molecule has 0 saturated carbocycles. The molecule has 0 aliphatic carbocycles. The molecule has 8 heteroatoms. The zero-order valence-corrected chi connectivity index (χ0v) is 17.5. The van der Waals surface area contributed by atoms with Crippen LogP contribution in [0.25, 0.3) is 0 Å². The molecular weight excluding hydrogens is 463 g/mol. The van der Waals surface area contributed by atoms with Crippen molar-refractivity contribution in [3.8, 4) is 5.75 Å². The van der Waals surface area contributed by atoms with E-state index in [0.29, 0.717) is 22.1 Å². The summed E-state index contributed by atoms with van der Waals surface area (Å²) in [4.78, 5) is 8.69. The topological polar surface area (TPSA) is 78.3 Å². The fraction of sp³-hybridized carbons (Fsp3) is 0.0667. The minimum absolute atomic E-state index is 0. The molecule has 2 aromatic rings. The number of halogens is 3. The van der Waals surface area contributed by atoms with Crippen LogP contribution in [0.4, 0.5) is 15.8 Å². The number of carbonyl (C=O) groups is 1. The van der Waals surface area contributed by atoms with Gasteiger partial charge < -0.3 is 27.9 Å². The van der Waals surface area contributed by atoms with Crippen LogP contribution < -0.4 is 16.2 Å². The van der Waals surface area contributed by atoms with E-state index in [1.165, 1.54) is 6.07 Å². The average Bonchev–Trinajstić information content (AvgIpc) is 2.48. The summed E-state index contributed by atoms with van der Waals surface area (Å²) < 4.78 is 17.9. The summed E-state index contributed by atoms with van der Waals surface area (Å²) in [6.07, 6.45) is 0.500. The van der Waals surface area contributed by atoms with Gasteiger partial charge in [0.25, 0.3) is 0 Å². The van der Waals surface area contributed by atoms with E-state index in [1.807, 2.05) is 0 Å². The van der Waals surface area contributed by atoms with Gasteiger partial charge in [0.2, 0.25) is 0 Å². The Morgan fingerprint density at radius 2 is 1.87 bits per heavy atom. The van der Waals surface area contributed by atoms with Gasteiger partial charge in [-0.3, -0.25) is 4.39 Å². The smallest absolute Gasteiger partial charge is 0.121 e. The molecule has 2 aromatic carbocycles. The zero-order valence-electron chi connectivity index (χ0n) is 12.4. The Morgan fingerprint density at radius 1 is 1.30 bits per heavy atom. The molecule has 0 aromatic heterocycles. The minimum atomic E-state index is -0.445. The summed E-state index contributed by atoms with van der Waals surface area (Å²) in [6.45, 7) is 2.81. The molecule has 1 radical (unpaired) electrons. The van der Waals surface area contributed by atoms with Crippen LogP contribution in [0.15, 0.2) is 34.8 Å². The first-order valence-electron chi connectivity index (χ1n) is 5.80. The number of hydrogen-bond donors (Lipinski definition) is 2. The van der Waals surface area contributed by atoms with Crippen molar-refractivity contribution in [3.05, 3.63) is 58.6 Å². The number of methoxy groups -OCH3 is 1. The number of rotatable bonds is 1. The molecular formula is C15H15BrClFN2O2Y-2. The number of benzene rings is 2. The van der Waals surface area contributed by atoms with Crippen LogP contribution in [0, 0.1) is 18.8 Å². The Bertz CT molecular complexity index is 618. The second-order valence-corrected chi connectivity index (χ2v) is 4.86. The quantitative estimate of drug-likeness (QED) is 0.282. The predicted octanol–water partition coefficient (Wildman–Crippen LogP) is 3.92. The maximum absolute atomic E-state index is 12.3. The molecule has 0 unspecified atom stereocenters. The fourth-order valence-electron chi connectivity index (χ4n) is 1.11. The summed E-state index contributed by atoms with van der Waals surface area (Å²) in [7, 11) is 1.59. The van der Waals surface area contributed by atoms with E-state index < -0.39 is 5.82 Å². The van der Waals surface area contributed by atoms with Crippen molar-refractivity contribution >= 4 is 45.2 Å². The number of nitrogens with two attached hydrogens (primary N) is 2. The first-order chi connectivity index (χ1) is 10.3. The van der Waals surface area contributed by atoms with Crippen LogP contribution in [0.1, 0.15) is 0 Å². The summed E-state index contributed by atoms with van der Waals surface area (Å²) >= 11 is 8.44. The maximum atomic E-state index is 12.3. The molecule has 2 rings (SSSR count). The number of ether oxygens (including phenoxy) is 1. The molecule has 0 aliphatic heterocycles. The zero-order chi connectivity index (χ0) is 17.1. The third kappa shape index (κ3) is 10.6. The van der Waals surface area contributed by atoms with Crippen LogP contribution in [-0.4, -0.2) is 13.4 Å². The van der Waals surface area contributed by atoms with E-state index in [-0.39, 0.29) is 37.7 Å². The van der Waals surface area contributed by atoms with E-state index in [0.717, 1.165) is 5.75 Å². The van der Waals surface area contributed by atoms with E-state index >= 15 is 0 Å². The molecule has 4 nitrogen and oxygen atoms in total. The molecule has 23 heavy (non-hydrogen) atoms. The predicted molar refractivity (Wildman–Crippen MR) is 91.2 cm³/mol. The van der Waals surface area contributed by atoms with E-state index in [2.05, 4.69) is 28.9 Å². The molecule has 0 aliphatic rings.